The lowest BCUT2D eigenvalue weighted by Crippen LogP contribution is -2.17. The van der Waals surface area contributed by atoms with Crippen LogP contribution < -0.4 is 10.1 Å². The summed E-state index contributed by atoms with van der Waals surface area (Å²) in [7, 11) is 1.82. The highest BCUT2D eigenvalue weighted by atomic mass is 16.5. The fraction of sp³-hybridized carbons (Fsp3) is 0.316. The van der Waals surface area contributed by atoms with Crippen molar-refractivity contribution in [2.75, 3.05) is 5.32 Å². The number of carbonyl (C=O) groups is 1. The van der Waals surface area contributed by atoms with Crippen molar-refractivity contribution in [2.24, 2.45) is 7.05 Å². The maximum Gasteiger partial charge on any atom is 0.295 e. The summed E-state index contributed by atoms with van der Waals surface area (Å²) in [4.78, 5) is 17.3. The molecule has 0 aliphatic heterocycles. The lowest BCUT2D eigenvalue weighted by molar-refractivity contribution is 0.101. The SMILES string of the molecule is Cc1cc(C)n2c(C(=O)Nc3nn(C)c4cccc(OC(C)C)c34)nnc2n1. The lowest BCUT2D eigenvalue weighted by Gasteiger charge is -2.11. The van der Waals surface area contributed by atoms with Crippen LogP contribution in [0.15, 0.2) is 24.3 Å². The van der Waals surface area contributed by atoms with E-state index >= 15 is 0 Å². The Morgan fingerprint density at radius 1 is 1.21 bits per heavy atom. The summed E-state index contributed by atoms with van der Waals surface area (Å²) in [6, 6.07) is 7.56. The molecular weight excluding hydrogens is 358 g/mol. The van der Waals surface area contributed by atoms with Crippen LogP contribution in [-0.4, -0.2) is 41.4 Å². The first-order chi connectivity index (χ1) is 13.3. The Morgan fingerprint density at radius 2 is 2.00 bits per heavy atom. The third-order valence-corrected chi connectivity index (χ3v) is 4.33. The normalized spacial score (nSPS) is 11.5. The second-order valence-corrected chi connectivity index (χ2v) is 6.94. The Hall–Kier alpha value is -3.49. The minimum absolute atomic E-state index is 0.00763. The first-order valence-electron chi connectivity index (χ1n) is 8.98. The molecule has 144 valence electrons. The van der Waals surface area contributed by atoms with Crippen LogP contribution in [0.4, 0.5) is 5.82 Å². The van der Waals surface area contributed by atoms with E-state index in [4.69, 9.17) is 4.74 Å². The van der Waals surface area contributed by atoms with Crippen LogP contribution in [0.25, 0.3) is 16.7 Å². The maximum atomic E-state index is 13.0. The molecule has 4 rings (SSSR count). The number of aromatic nitrogens is 6. The van der Waals surface area contributed by atoms with Gasteiger partial charge in [-0.05, 0) is 45.9 Å². The van der Waals surface area contributed by atoms with Gasteiger partial charge in [-0.1, -0.05) is 6.07 Å². The number of anilines is 1. The summed E-state index contributed by atoms with van der Waals surface area (Å²) in [5.74, 6) is 1.20. The van der Waals surface area contributed by atoms with E-state index in [1.165, 1.54) is 0 Å². The van der Waals surface area contributed by atoms with E-state index in [-0.39, 0.29) is 11.9 Å². The van der Waals surface area contributed by atoms with Gasteiger partial charge in [-0.2, -0.15) is 5.10 Å². The van der Waals surface area contributed by atoms with E-state index in [0.717, 1.165) is 22.3 Å². The number of aryl methyl sites for hydroxylation is 3. The van der Waals surface area contributed by atoms with Gasteiger partial charge in [0.25, 0.3) is 11.7 Å². The second-order valence-electron chi connectivity index (χ2n) is 6.94. The van der Waals surface area contributed by atoms with Crippen molar-refractivity contribution in [3.63, 3.8) is 0 Å². The average molecular weight is 379 g/mol. The van der Waals surface area contributed by atoms with Crippen molar-refractivity contribution >= 4 is 28.4 Å². The zero-order valence-corrected chi connectivity index (χ0v) is 16.4. The zero-order chi connectivity index (χ0) is 20.0. The van der Waals surface area contributed by atoms with E-state index in [9.17, 15) is 4.79 Å². The number of rotatable bonds is 4. The van der Waals surface area contributed by atoms with Crippen LogP contribution in [-0.2, 0) is 7.05 Å². The molecule has 9 heteroatoms. The van der Waals surface area contributed by atoms with Gasteiger partial charge in [0.05, 0.1) is 17.0 Å². The summed E-state index contributed by atoms with van der Waals surface area (Å²) in [6.45, 7) is 7.66. The summed E-state index contributed by atoms with van der Waals surface area (Å²) < 4.78 is 9.24. The Kier molecular flexibility index (Phi) is 4.21. The number of nitrogens with one attached hydrogen (secondary N) is 1. The van der Waals surface area contributed by atoms with E-state index < -0.39 is 5.91 Å². The van der Waals surface area contributed by atoms with Gasteiger partial charge in [-0.3, -0.25) is 13.9 Å². The molecule has 0 aliphatic rings. The number of ether oxygens (including phenoxy) is 1. The minimum atomic E-state index is -0.416. The van der Waals surface area contributed by atoms with Gasteiger partial charge in [0.2, 0.25) is 5.82 Å². The third-order valence-electron chi connectivity index (χ3n) is 4.33. The second kappa shape index (κ2) is 6.59. The highest BCUT2D eigenvalue weighted by molar-refractivity contribution is 6.07. The van der Waals surface area contributed by atoms with E-state index in [2.05, 4.69) is 25.6 Å². The number of fused-ring (bicyclic) bond motifs is 2. The Bertz CT molecular complexity index is 1210. The standard InChI is InChI=1S/C19H21N7O2/c1-10(2)28-14-8-6-7-13-15(14)16(24-25(13)5)21-18(27)17-22-23-19-20-11(3)9-12(4)26(17)19/h6-10H,1-5H3,(H,21,24,27). The molecule has 1 amide bonds. The van der Waals surface area contributed by atoms with Crippen molar-refractivity contribution in [1.29, 1.82) is 0 Å². The minimum Gasteiger partial charge on any atom is -0.490 e. The summed E-state index contributed by atoms with van der Waals surface area (Å²) in [6.07, 6.45) is -0.00763. The van der Waals surface area contributed by atoms with Crippen LogP contribution in [0.3, 0.4) is 0 Å². The molecule has 0 atom stereocenters. The molecule has 0 spiro atoms. The van der Waals surface area contributed by atoms with Crippen molar-refractivity contribution < 1.29 is 9.53 Å². The summed E-state index contributed by atoms with van der Waals surface area (Å²) >= 11 is 0. The number of carbonyl (C=O) groups excluding carboxylic acids is 1. The van der Waals surface area contributed by atoms with E-state index in [1.807, 2.05) is 59.0 Å². The highest BCUT2D eigenvalue weighted by Gasteiger charge is 2.21. The quantitative estimate of drug-likeness (QED) is 0.585. The highest BCUT2D eigenvalue weighted by Crippen LogP contribution is 2.32. The molecule has 4 aromatic rings. The van der Waals surface area contributed by atoms with Gasteiger partial charge in [0.15, 0.2) is 5.82 Å². The van der Waals surface area contributed by atoms with Crippen molar-refractivity contribution in [1.82, 2.24) is 29.4 Å². The first kappa shape index (κ1) is 17.9. The lowest BCUT2D eigenvalue weighted by atomic mass is 10.2. The van der Waals surface area contributed by atoms with Crippen LogP contribution in [0.5, 0.6) is 5.75 Å². The largest absolute Gasteiger partial charge is 0.490 e. The van der Waals surface area contributed by atoms with Crippen molar-refractivity contribution in [2.45, 2.75) is 33.8 Å². The third kappa shape index (κ3) is 2.94. The van der Waals surface area contributed by atoms with Crippen LogP contribution in [0.2, 0.25) is 0 Å². The number of benzene rings is 1. The Morgan fingerprint density at radius 3 is 2.75 bits per heavy atom. The van der Waals surface area contributed by atoms with Gasteiger partial charge in [-0.15, -0.1) is 10.2 Å². The number of amides is 1. The molecule has 0 saturated heterocycles. The molecule has 1 N–H and O–H groups in total. The number of hydrogen-bond donors (Lipinski definition) is 1. The molecule has 0 radical (unpaired) electrons. The molecule has 9 nitrogen and oxygen atoms in total. The predicted molar refractivity (Wildman–Crippen MR) is 105 cm³/mol. The molecule has 28 heavy (non-hydrogen) atoms. The van der Waals surface area contributed by atoms with Gasteiger partial charge >= 0.3 is 0 Å². The Balaban J connectivity index is 1.78. The molecule has 3 aromatic heterocycles. The van der Waals surface area contributed by atoms with Crippen LogP contribution in [0.1, 0.15) is 35.9 Å². The van der Waals surface area contributed by atoms with Crippen LogP contribution >= 0.6 is 0 Å². The maximum absolute atomic E-state index is 13.0. The zero-order valence-electron chi connectivity index (χ0n) is 16.4. The molecule has 0 bridgehead atoms. The monoisotopic (exact) mass is 379 g/mol. The number of nitrogens with zero attached hydrogens (tertiary/aromatic N) is 6. The predicted octanol–water partition coefficient (Wildman–Crippen LogP) is 2.67. The smallest absolute Gasteiger partial charge is 0.295 e. The topological polar surface area (TPSA) is 99.2 Å². The van der Waals surface area contributed by atoms with Gasteiger partial charge in [-0.25, -0.2) is 4.98 Å². The van der Waals surface area contributed by atoms with Gasteiger partial charge < -0.3 is 10.1 Å². The van der Waals surface area contributed by atoms with Crippen LogP contribution in [0, 0.1) is 13.8 Å². The van der Waals surface area contributed by atoms with Crippen molar-refractivity contribution in [3.8, 4) is 5.75 Å². The number of hydrogen-bond acceptors (Lipinski definition) is 6. The fourth-order valence-electron chi connectivity index (χ4n) is 3.26. The summed E-state index contributed by atoms with van der Waals surface area (Å²) in [5, 5.41) is 16.1. The van der Waals surface area contributed by atoms with Crippen molar-refractivity contribution in [3.05, 3.63) is 41.5 Å². The molecular formula is C19H21N7O2. The Labute approximate surface area is 161 Å². The summed E-state index contributed by atoms with van der Waals surface area (Å²) in [5.41, 5.74) is 2.50. The molecule has 0 unspecified atom stereocenters. The molecule has 0 saturated carbocycles. The molecule has 0 fully saturated rings. The average Bonchev–Trinajstić information content (AvgIpc) is 3.17. The fourth-order valence-corrected chi connectivity index (χ4v) is 3.26. The molecule has 1 aromatic carbocycles. The van der Waals surface area contributed by atoms with Gasteiger partial charge in [0.1, 0.15) is 5.75 Å². The van der Waals surface area contributed by atoms with Gasteiger partial charge in [0, 0.05) is 18.4 Å². The first-order valence-corrected chi connectivity index (χ1v) is 8.98. The van der Waals surface area contributed by atoms with E-state index in [0.29, 0.717) is 17.3 Å². The molecule has 3 heterocycles. The molecule has 0 aliphatic carbocycles. The van der Waals surface area contributed by atoms with E-state index in [1.54, 1.807) is 9.08 Å².